The first kappa shape index (κ1) is 14.4. The zero-order chi connectivity index (χ0) is 13.9. The lowest BCUT2D eigenvalue weighted by atomic mass is 9.93. The third kappa shape index (κ3) is 3.13. The van der Waals surface area contributed by atoms with Gasteiger partial charge in [0.15, 0.2) is 0 Å². The number of aromatic nitrogens is 2. The van der Waals surface area contributed by atoms with Gasteiger partial charge in [0.2, 0.25) is 11.7 Å². The zero-order valence-corrected chi connectivity index (χ0v) is 11.9. The van der Waals surface area contributed by atoms with Crippen LogP contribution in [0.1, 0.15) is 38.4 Å². The molecule has 0 spiro atoms. The lowest BCUT2D eigenvalue weighted by Gasteiger charge is -2.32. The smallest absolute Gasteiger partial charge is 0.228 e. The highest BCUT2D eigenvalue weighted by Crippen LogP contribution is 2.33. The van der Waals surface area contributed by atoms with Crippen molar-refractivity contribution in [2.24, 2.45) is 11.7 Å². The van der Waals surface area contributed by atoms with Crippen LogP contribution < -0.4 is 5.73 Å². The number of ether oxygens (including phenoxy) is 2. The van der Waals surface area contributed by atoms with Gasteiger partial charge in [-0.2, -0.15) is 4.98 Å². The fraction of sp³-hybridized carbons (Fsp3) is 0.846. The molecule has 1 aliphatic heterocycles. The number of hydrogen-bond donors (Lipinski definition) is 1. The van der Waals surface area contributed by atoms with Gasteiger partial charge in [0.25, 0.3) is 0 Å². The predicted octanol–water partition coefficient (Wildman–Crippen LogP) is 1.25. The molecule has 6 heteroatoms. The van der Waals surface area contributed by atoms with Crippen LogP contribution in [0.15, 0.2) is 4.52 Å². The first-order valence-electron chi connectivity index (χ1n) is 6.79. The van der Waals surface area contributed by atoms with Gasteiger partial charge >= 0.3 is 0 Å². The molecule has 2 rings (SSSR count). The van der Waals surface area contributed by atoms with E-state index in [1.807, 2.05) is 0 Å². The van der Waals surface area contributed by atoms with Crippen molar-refractivity contribution in [1.82, 2.24) is 10.1 Å². The normalized spacial score (nSPS) is 20.7. The van der Waals surface area contributed by atoms with Crippen molar-refractivity contribution >= 4 is 0 Å². The van der Waals surface area contributed by atoms with Crippen LogP contribution in [-0.4, -0.2) is 36.5 Å². The van der Waals surface area contributed by atoms with Crippen LogP contribution in [0.5, 0.6) is 0 Å². The summed E-state index contributed by atoms with van der Waals surface area (Å²) >= 11 is 0. The highest BCUT2D eigenvalue weighted by molar-refractivity contribution is 5.03. The fourth-order valence-electron chi connectivity index (χ4n) is 2.18. The molecule has 2 heterocycles. The largest absolute Gasteiger partial charge is 0.381 e. The lowest BCUT2D eigenvalue weighted by Crippen LogP contribution is -2.36. The summed E-state index contributed by atoms with van der Waals surface area (Å²) in [5, 5.41) is 4.07. The minimum absolute atomic E-state index is 0.0292. The molecule has 1 fully saturated rings. The molecule has 1 unspecified atom stereocenters. The maximum Gasteiger partial charge on any atom is 0.228 e. The van der Waals surface area contributed by atoms with E-state index in [0.29, 0.717) is 37.3 Å². The first-order chi connectivity index (χ1) is 9.07. The van der Waals surface area contributed by atoms with E-state index in [1.54, 1.807) is 7.11 Å². The Kier molecular flexibility index (Phi) is 4.54. The van der Waals surface area contributed by atoms with E-state index >= 15 is 0 Å². The molecule has 6 nitrogen and oxygen atoms in total. The predicted molar refractivity (Wildman–Crippen MR) is 69.6 cm³/mol. The Morgan fingerprint density at radius 2 is 2.05 bits per heavy atom. The second-order valence-electron chi connectivity index (χ2n) is 5.43. The summed E-state index contributed by atoms with van der Waals surface area (Å²) in [5.74, 6) is 1.58. The van der Waals surface area contributed by atoms with E-state index in [2.05, 4.69) is 24.0 Å². The summed E-state index contributed by atoms with van der Waals surface area (Å²) in [4.78, 5) is 4.46. The maximum absolute atomic E-state index is 6.02. The minimum Gasteiger partial charge on any atom is -0.381 e. The van der Waals surface area contributed by atoms with Crippen molar-refractivity contribution in [1.29, 1.82) is 0 Å². The van der Waals surface area contributed by atoms with Gasteiger partial charge in [0.1, 0.15) is 5.60 Å². The van der Waals surface area contributed by atoms with Crippen LogP contribution in [0.2, 0.25) is 0 Å². The highest BCUT2D eigenvalue weighted by Gasteiger charge is 2.39. The quantitative estimate of drug-likeness (QED) is 0.866. The minimum atomic E-state index is -0.470. The molecular weight excluding hydrogens is 246 g/mol. The molecule has 1 saturated heterocycles. The molecule has 0 saturated carbocycles. The number of rotatable bonds is 5. The number of hydrogen-bond acceptors (Lipinski definition) is 6. The van der Waals surface area contributed by atoms with Gasteiger partial charge in [-0.25, -0.2) is 0 Å². The summed E-state index contributed by atoms with van der Waals surface area (Å²) in [7, 11) is 1.68. The monoisotopic (exact) mass is 269 g/mol. The molecule has 0 bridgehead atoms. The van der Waals surface area contributed by atoms with E-state index in [4.69, 9.17) is 19.7 Å². The molecule has 1 aromatic rings. The van der Waals surface area contributed by atoms with E-state index < -0.39 is 5.60 Å². The Balaban J connectivity index is 2.10. The van der Waals surface area contributed by atoms with Gasteiger partial charge in [0.05, 0.1) is 0 Å². The second-order valence-corrected chi connectivity index (χ2v) is 5.43. The second kappa shape index (κ2) is 5.98. The van der Waals surface area contributed by atoms with Crippen molar-refractivity contribution in [3.8, 4) is 0 Å². The number of nitrogens with two attached hydrogens (primary N) is 1. The van der Waals surface area contributed by atoms with Crippen LogP contribution in [0.25, 0.3) is 0 Å². The van der Waals surface area contributed by atoms with Crippen molar-refractivity contribution in [2.75, 3.05) is 20.3 Å². The molecule has 19 heavy (non-hydrogen) atoms. The third-order valence-corrected chi connectivity index (χ3v) is 3.83. The van der Waals surface area contributed by atoms with Crippen molar-refractivity contribution in [2.45, 2.75) is 44.8 Å². The molecule has 108 valence electrons. The number of nitrogens with zero attached hydrogens (tertiary/aromatic N) is 2. The van der Waals surface area contributed by atoms with Crippen LogP contribution in [0.4, 0.5) is 0 Å². The van der Waals surface area contributed by atoms with E-state index in [0.717, 1.165) is 12.8 Å². The molecule has 1 aromatic heterocycles. The molecule has 0 amide bonds. The fourth-order valence-corrected chi connectivity index (χ4v) is 2.18. The van der Waals surface area contributed by atoms with Crippen LogP contribution in [-0.2, 0) is 21.5 Å². The van der Waals surface area contributed by atoms with Crippen molar-refractivity contribution < 1.29 is 14.0 Å². The van der Waals surface area contributed by atoms with Gasteiger partial charge in [-0.05, 0) is 5.92 Å². The summed E-state index contributed by atoms with van der Waals surface area (Å²) in [6.07, 6.45) is 2.10. The van der Waals surface area contributed by atoms with Gasteiger partial charge < -0.3 is 19.7 Å². The Bertz CT molecular complexity index is 400. The standard InChI is InChI=1S/C13H23N3O3/c1-9(2)10(14)8-11-15-12(16-19-11)13(17-3)4-6-18-7-5-13/h9-10H,4-8,14H2,1-3H3. The Morgan fingerprint density at radius 1 is 1.37 bits per heavy atom. The van der Waals surface area contributed by atoms with Gasteiger partial charge in [-0.3, -0.25) is 0 Å². The van der Waals surface area contributed by atoms with Gasteiger partial charge in [-0.1, -0.05) is 19.0 Å². The van der Waals surface area contributed by atoms with E-state index in [1.165, 1.54) is 0 Å². The Hall–Kier alpha value is -0.980. The van der Waals surface area contributed by atoms with Crippen LogP contribution in [0.3, 0.4) is 0 Å². The molecular formula is C13H23N3O3. The Labute approximate surface area is 113 Å². The summed E-state index contributed by atoms with van der Waals surface area (Å²) < 4.78 is 16.3. The molecule has 0 aliphatic carbocycles. The number of methoxy groups -OCH3 is 1. The van der Waals surface area contributed by atoms with Gasteiger partial charge in [-0.15, -0.1) is 0 Å². The van der Waals surface area contributed by atoms with Gasteiger partial charge in [0, 0.05) is 45.6 Å². The average Bonchev–Trinajstić information content (AvgIpc) is 2.88. The topological polar surface area (TPSA) is 83.4 Å². The molecule has 0 aromatic carbocycles. The Morgan fingerprint density at radius 3 is 2.63 bits per heavy atom. The lowest BCUT2D eigenvalue weighted by molar-refractivity contribution is -0.101. The van der Waals surface area contributed by atoms with Crippen LogP contribution in [0, 0.1) is 5.92 Å². The SMILES string of the molecule is COC1(c2noc(CC(N)C(C)C)n2)CCOCC1. The maximum atomic E-state index is 6.02. The van der Waals surface area contributed by atoms with E-state index in [-0.39, 0.29) is 6.04 Å². The summed E-state index contributed by atoms with van der Waals surface area (Å²) in [5.41, 5.74) is 5.55. The van der Waals surface area contributed by atoms with Crippen molar-refractivity contribution in [3.05, 3.63) is 11.7 Å². The zero-order valence-electron chi connectivity index (χ0n) is 11.9. The van der Waals surface area contributed by atoms with Crippen molar-refractivity contribution in [3.63, 3.8) is 0 Å². The molecule has 1 aliphatic rings. The van der Waals surface area contributed by atoms with E-state index in [9.17, 15) is 0 Å². The summed E-state index contributed by atoms with van der Waals surface area (Å²) in [6.45, 7) is 5.47. The molecule has 0 radical (unpaired) electrons. The van der Waals surface area contributed by atoms with Crippen LogP contribution >= 0.6 is 0 Å². The third-order valence-electron chi connectivity index (χ3n) is 3.83. The molecule has 1 atom stereocenters. The average molecular weight is 269 g/mol. The highest BCUT2D eigenvalue weighted by atomic mass is 16.5. The summed E-state index contributed by atoms with van der Waals surface area (Å²) in [6, 6.07) is 0.0292. The first-order valence-corrected chi connectivity index (χ1v) is 6.79. The molecule has 2 N–H and O–H groups in total.